The molecule has 0 aliphatic carbocycles. The Hall–Kier alpha value is -3.51. The number of carboxylic acids is 1. The van der Waals surface area contributed by atoms with Gasteiger partial charge in [0.25, 0.3) is 0 Å². The number of benzene rings is 3. The highest BCUT2D eigenvalue weighted by Gasteiger charge is 2.15. The number of hydrogen-bond donors (Lipinski definition) is 2. The van der Waals surface area contributed by atoms with Gasteiger partial charge in [-0.2, -0.15) is 0 Å². The molecule has 6 nitrogen and oxygen atoms in total. The van der Waals surface area contributed by atoms with Crippen LogP contribution in [0.4, 0.5) is 4.79 Å². The Morgan fingerprint density at radius 2 is 1.79 bits per heavy atom. The number of alkyl carbamates (subject to hydrolysis) is 1. The predicted molar refractivity (Wildman–Crippen MR) is 128 cm³/mol. The molecular formula is C26H26ClNO5. The van der Waals surface area contributed by atoms with Crippen molar-refractivity contribution in [1.82, 2.24) is 5.32 Å². The second kappa shape index (κ2) is 11.4. The number of carboxylic acid groups (broad SMARTS) is 1. The number of halogens is 1. The van der Waals surface area contributed by atoms with Crippen LogP contribution in [-0.2, 0) is 22.5 Å². The molecule has 7 heteroatoms. The van der Waals surface area contributed by atoms with Crippen LogP contribution in [0.2, 0.25) is 5.02 Å². The van der Waals surface area contributed by atoms with Crippen LogP contribution >= 0.6 is 11.6 Å². The van der Waals surface area contributed by atoms with E-state index in [0.29, 0.717) is 17.2 Å². The van der Waals surface area contributed by atoms with Crippen LogP contribution < -0.4 is 10.1 Å². The molecule has 33 heavy (non-hydrogen) atoms. The van der Waals surface area contributed by atoms with Crippen LogP contribution in [0.1, 0.15) is 29.5 Å². The number of hydrogen-bond acceptors (Lipinski definition) is 4. The largest absolute Gasteiger partial charge is 0.496 e. The van der Waals surface area contributed by atoms with Crippen molar-refractivity contribution < 1.29 is 24.2 Å². The lowest BCUT2D eigenvalue weighted by atomic mass is 9.95. The van der Waals surface area contributed by atoms with E-state index in [4.69, 9.17) is 21.1 Å². The number of amides is 1. The van der Waals surface area contributed by atoms with Crippen molar-refractivity contribution in [3.05, 3.63) is 88.4 Å². The van der Waals surface area contributed by atoms with Crippen LogP contribution in [0, 0.1) is 0 Å². The Morgan fingerprint density at radius 3 is 2.52 bits per heavy atom. The summed E-state index contributed by atoms with van der Waals surface area (Å²) in [7, 11) is 1.57. The van der Waals surface area contributed by atoms with Crippen molar-refractivity contribution in [1.29, 1.82) is 0 Å². The van der Waals surface area contributed by atoms with Gasteiger partial charge >= 0.3 is 12.1 Å². The Balaban J connectivity index is 1.64. The van der Waals surface area contributed by atoms with Crippen LogP contribution in [-0.4, -0.2) is 30.9 Å². The zero-order valence-electron chi connectivity index (χ0n) is 18.5. The molecule has 3 aromatic carbocycles. The third-order valence-electron chi connectivity index (χ3n) is 5.31. The molecule has 0 aliphatic rings. The first-order valence-corrected chi connectivity index (χ1v) is 10.9. The third-order valence-corrected chi connectivity index (χ3v) is 5.54. The van der Waals surface area contributed by atoms with Crippen LogP contribution in [0.15, 0.2) is 66.7 Å². The number of carbonyl (C=O) groups is 2. The molecule has 0 heterocycles. The minimum Gasteiger partial charge on any atom is -0.496 e. The molecule has 0 radical (unpaired) electrons. The molecule has 0 aliphatic heterocycles. The summed E-state index contributed by atoms with van der Waals surface area (Å²) in [5.41, 5.74) is 4.26. The van der Waals surface area contributed by atoms with Gasteiger partial charge in [-0.25, -0.2) is 4.79 Å². The maximum atomic E-state index is 12.2. The van der Waals surface area contributed by atoms with Crippen LogP contribution in [0.25, 0.3) is 11.1 Å². The Kier molecular flexibility index (Phi) is 8.33. The summed E-state index contributed by atoms with van der Waals surface area (Å²) in [4.78, 5) is 23.5. The predicted octanol–water partition coefficient (Wildman–Crippen LogP) is 5.67. The maximum absolute atomic E-state index is 12.2. The summed E-state index contributed by atoms with van der Waals surface area (Å²) in [6, 6.07) is 20.5. The normalized spacial score (nSPS) is 11.5. The molecule has 3 rings (SSSR count). The molecule has 0 aromatic heterocycles. The van der Waals surface area contributed by atoms with Gasteiger partial charge < -0.3 is 19.9 Å². The summed E-state index contributed by atoms with van der Waals surface area (Å²) < 4.78 is 10.7. The lowest BCUT2D eigenvalue weighted by Gasteiger charge is -2.14. The standard InChI is InChI=1S/C26H26ClNO5/c1-17(25(29)30)19-6-4-7-20(14-19)21-9-10-24(32-2)22(15-21)16-28-26(31)33-12-11-18-5-3-8-23(27)13-18/h3-10,13-15,17H,11-12,16H2,1-2H3,(H,28,31)(H,29,30). The summed E-state index contributed by atoms with van der Waals surface area (Å²) in [6.45, 7) is 2.11. The van der Waals surface area contributed by atoms with Gasteiger partial charge in [-0.05, 0) is 53.4 Å². The Bertz CT molecular complexity index is 1130. The molecular weight excluding hydrogens is 442 g/mol. The molecule has 2 N–H and O–H groups in total. The van der Waals surface area contributed by atoms with Gasteiger partial charge in [0, 0.05) is 23.6 Å². The van der Waals surface area contributed by atoms with Crippen molar-refractivity contribution in [2.45, 2.75) is 25.8 Å². The summed E-state index contributed by atoms with van der Waals surface area (Å²) in [5.74, 6) is -0.848. The van der Waals surface area contributed by atoms with Gasteiger partial charge in [-0.3, -0.25) is 4.79 Å². The lowest BCUT2D eigenvalue weighted by molar-refractivity contribution is -0.138. The zero-order valence-corrected chi connectivity index (χ0v) is 19.3. The van der Waals surface area contributed by atoms with E-state index in [9.17, 15) is 14.7 Å². The fraction of sp³-hybridized carbons (Fsp3) is 0.231. The van der Waals surface area contributed by atoms with E-state index in [1.54, 1.807) is 26.2 Å². The van der Waals surface area contributed by atoms with Gasteiger partial charge in [0.05, 0.1) is 19.6 Å². The van der Waals surface area contributed by atoms with E-state index >= 15 is 0 Å². The first kappa shape index (κ1) is 24.1. The average Bonchev–Trinajstić information content (AvgIpc) is 2.82. The van der Waals surface area contributed by atoms with Crippen LogP contribution in [0.3, 0.4) is 0 Å². The third kappa shape index (κ3) is 6.73. The number of aliphatic carboxylic acids is 1. The molecule has 0 spiro atoms. The van der Waals surface area contributed by atoms with E-state index < -0.39 is 18.0 Å². The number of nitrogens with one attached hydrogen (secondary N) is 1. The fourth-order valence-corrected chi connectivity index (χ4v) is 3.61. The van der Waals surface area contributed by atoms with Gasteiger partial charge in [0.15, 0.2) is 0 Å². The fourth-order valence-electron chi connectivity index (χ4n) is 3.40. The summed E-state index contributed by atoms with van der Waals surface area (Å²) in [6.07, 6.45) is 0.0412. The highest BCUT2D eigenvalue weighted by atomic mass is 35.5. The molecule has 0 saturated heterocycles. The Morgan fingerprint density at radius 1 is 1.03 bits per heavy atom. The smallest absolute Gasteiger partial charge is 0.407 e. The number of carbonyl (C=O) groups excluding carboxylic acids is 1. The van der Waals surface area contributed by atoms with Crippen molar-refractivity contribution >= 4 is 23.7 Å². The Labute approximate surface area is 198 Å². The van der Waals surface area contributed by atoms with Gasteiger partial charge in [-0.1, -0.05) is 54.1 Å². The zero-order chi connectivity index (χ0) is 23.8. The van der Waals surface area contributed by atoms with Gasteiger partial charge in [-0.15, -0.1) is 0 Å². The van der Waals surface area contributed by atoms with E-state index in [1.165, 1.54) is 0 Å². The molecule has 1 amide bonds. The monoisotopic (exact) mass is 467 g/mol. The van der Waals surface area contributed by atoms with Crippen molar-refractivity contribution in [2.75, 3.05) is 13.7 Å². The summed E-state index contributed by atoms with van der Waals surface area (Å²) in [5, 5.41) is 12.7. The minimum absolute atomic E-state index is 0.220. The first-order valence-electron chi connectivity index (χ1n) is 10.5. The van der Waals surface area contributed by atoms with E-state index in [0.717, 1.165) is 27.8 Å². The maximum Gasteiger partial charge on any atom is 0.407 e. The molecule has 0 bridgehead atoms. The molecule has 0 fully saturated rings. The van der Waals surface area contributed by atoms with Gasteiger partial charge in [0.2, 0.25) is 0 Å². The van der Waals surface area contributed by atoms with E-state index in [1.807, 2.05) is 54.6 Å². The SMILES string of the molecule is COc1ccc(-c2cccc(C(C)C(=O)O)c2)cc1CNC(=O)OCCc1cccc(Cl)c1. The van der Waals surface area contributed by atoms with Crippen molar-refractivity contribution in [3.8, 4) is 16.9 Å². The lowest BCUT2D eigenvalue weighted by Crippen LogP contribution is -2.24. The topological polar surface area (TPSA) is 84.9 Å². The second-order valence-electron chi connectivity index (χ2n) is 7.58. The van der Waals surface area contributed by atoms with E-state index in [2.05, 4.69) is 5.32 Å². The quantitative estimate of drug-likeness (QED) is 0.423. The van der Waals surface area contributed by atoms with Gasteiger partial charge in [0.1, 0.15) is 5.75 Å². The molecule has 3 aromatic rings. The highest BCUT2D eigenvalue weighted by molar-refractivity contribution is 6.30. The van der Waals surface area contributed by atoms with Crippen LogP contribution in [0.5, 0.6) is 5.75 Å². The highest BCUT2D eigenvalue weighted by Crippen LogP contribution is 2.29. The van der Waals surface area contributed by atoms with Crippen molar-refractivity contribution in [3.63, 3.8) is 0 Å². The first-order chi connectivity index (χ1) is 15.9. The molecule has 1 atom stereocenters. The van der Waals surface area contributed by atoms with Crippen molar-refractivity contribution in [2.24, 2.45) is 0 Å². The average molecular weight is 468 g/mol. The van der Waals surface area contributed by atoms with E-state index in [-0.39, 0.29) is 13.2 Å². The summed E-state index contributed by atoms with van der Waals surface area (Å²) >= 11 is 5.97. The number of ether oxygens (including phenoxy) is 2. The molecule has 0 saturated carbocycles. The number of rotatable bonds is 9. The molecule has 172 valence electrons. The second-order valence-corrected chi connectivity index (χ2v) is 8.02. The molecule has 1 unspecified atom stereocenters. The minimum atomic E-state index is -0.874. The number of methoxy groups -OCH3 is 1.